The third kappa shape index (κ3) is 2.42. The van der Waals surface area contributed by atoms with Crippen molar-refractivity contribution in [1.82, 2.24) is 15.0 Å². The number of nitrogens with one attached hydrogen (secondary N) is 2. The van der Waals surface area contributed by atoms with E-state index < -0.39 is 11.7 Å². The number of fused-ring (bicyclic) bond motifs is 1. The van der Waals surface area contributed by atoms with E-state index in [-0.39, 0.29) is 0 Å². The minimum atomic E-state index is -4.34. The molecule has 0 aliphatic rings. The highest BCUT2D eigenvalue weighted by Gasteiger charge is 2.29. The number of benzene rings is 1. The van der Waals surface area contributed by atoms with Crippen LogP contribution in [0.5, 0.6) is 0 Å². The highest BCUT2D eigenvalue weighted by atomic mass is 19.4. The molecule has 2 heterocycles. The summed E-state index contributed by atoms with van der Waals surface area (Å²) < 4.78 is 37.3. The quantitative estimate of drug-likeness (QED) is 0.751. The van der Waals surface area contributed by atoms with E-state index in [1.807, 2.05) is 6.07 Å². The van der Waals surface area contributed by atoms with Gasteiger partial charge in [0.25, 0.3) is 0 Å². The van der Waals surface area contributed by atoms with E-state index in [2.05, 4.69) is 20.3 Å². The van der Waals surface area contributed by atoms with Gasteiger partial charge in [0.05, 0.1) is 5.56 Å². The molecule has 3 rings (SSSR count). The molecule has 0 spiro atoms. The van der Waals surface area contributed by atoms with Crippen LogP contribution in [0.1, 0.15) is 5.56 Å². The van der Waals surface area contributed by atoms with Crippen LogP contribution >= 0.6 is 0 Å². The number of aromatic amines is 1. The lowest BCUT2D eigenvalue weighted by Crippen LogP contribution is -2.04. The zero-order valence-corrected chi connectivity index (χ0v) is 10.1. The minimum Gasteiger partial charge on any atom is -0.346 e. The number of rotatable bonds is 2. The first kappa shape index (κ1) is 12.5. The third-order valence-corrected chi connectivity index (χ3v) is 2.77. The lowest BCUT2D eigenvalue weighted by molar-refractivity contribution is -0.137. The predicted octanol–water partition coefficient (Wildman–Crippen LogP) is 3.72. The van der Waals surface area contributed by atoms with Gasteiger partial charge in [-0.3, -0.25) is 0 Å². The van der Waals surface area contributed by atoms with Gasteiger partial charge in [-0.1, -0.05) is 0 Å². The Labute approximate surface area is 111 Å². The van der Waals surface area contributed by atoms with Gasteiger partial charge in [0.1, 0.15) is 5.65 Å². The van der Waals surface area contributed by atoms with Crippen LogP contribution in [0.15, 0.2) is 42.7 Å². The summed E-state index contributed by atoms with van der Waals surface area (Å²) >= 11 is 0. The number of anilines is 2. The Balaban J connectivity index is 1.83. The molecule has 0 radical (unpaired) electrons. The minimum absolute atomic E-state index is 0.319. The van der Waals surface area contributed by atoms with Crippen LogP contribution in [0.3, 0.4) is 0 Å². The van der Waals surface area contributed by atoms with Crippen molar-refractivity contribution < 1.29 is 13.2 Å². The second-order valence-corrected chi connectivity index (χ2v) is 4.18. The van der Waals surface area contributed by atoms with Gasteiger partial charge in [-0.2, -0.15) is 18.2 Å². The van der Waals surface area contributed by atoms with E-state index in [0.717, 1.165) is 17.5 Å². The van der Waals surface area contributed by atoms with Crippen LogP contribution in [-0.4, -0.2) is 15.0 Å². The van der Waals surface area contributed by atoms with Crippen LogP contribution < -0.4 is 5.32 Å². The topological polar surface area (TPSA) is 53.6 Å². The molecule has 1 aromatic carbocycles. The molecule has 3 aromatic rings. The SMILES string of the molecule is FC(F)(F)c1ccc(Nc2ncc3cc[nH]c3n2)cc1. The van der Waals surface area contributed by atoms with E-state index >= 15 is 0 Å². The van der Waals surface area contributed by atoms with Gasteiger partial charge in [0.15, 0.2) is 0 Å². The smallest absolute Gasteiger partial charge is 0.346 e. The van der Waals surface area contributed by atoms with E-state index in [9.17, 15) is 13.2 Å². The van der Waals surface area contributed by atoms with Crippen LogP contribution in [0, 0.1) is 0 Å². The van der Waals surface area contributed by atoms with Crippen LogP contribution in [0.25, 0.3) is 11.0 Å². The molecule has 0 bridgehead atoms. The molecular weight excluding hydrogens is 269 g/mol. The van der Waals surface area contributed by atoms with Crippen LogP contribution in [-0.2, 0) is 6.18 Å². The fourth-order valence-corrected chi connectivity index (χ4v) is 1.77. The van der Waals surface area contributed by atoms with Gasteiger partial charge >= 0.3 is 6.18 Å². The van der Waals surface area contributed by atoms with Crippen LogP contribution in [0.4, 0.5) is 24.8 Å². The second kappa shape index (κ2) is 4.52. The van der Waals surface area contributed by atoms with Gasteiger partial charge in [-0.15, -0.1) is 0 Å². The Hall–Kier alpha value is -2.57. The van der Waals surface area contributed by atoms with Crippen molar-refractivity contribution in [2.75, 3.05) is 5.32 Å². The number of H-pyrrole nitrogens is 1. The monoisotopic (exact) mass is 278 g/mol. The van der Waals surface area contributed by atoms with Crippen molar-refractivity contribution in [3.8, 4) is 0 Å². The van der Waals surface area contributed by atoms with E-state index in [1.165, 1.54) is 12.1 Å². The van der Waals surface area contributed by atoms with Crippen molar-refractivity contribution >= 4 is 22.7 Å². The first-order valence-electron chi connectivity index (χ1n) is 5.77. The van der Waals surface area contributed by atoms with Crippen LogP contribution in [0.2, 0.25) is 0 Å². The molecule has 7 heteroatoms. The highest BCUT2D eigenvalue weighted by molar-refractivity contribution is 5.75. The number of halogens is 3. The zero-order valence-electron chi connectivity index (χ0n) is 10.1. The summed E-state index contributed by atoms with van der Waals surface area (Å²) in [6, 6.07) is 6.53. The summed E-state index contributed by atoms with van der Waals surface area (Å²) in [6.07, 6.45) is -0.968. The number of hydrogen-bond acceptors (Lipinski definition) is 3. The van der Waals surface area contributed by atoms with E-state index in [0.29, 0.717) is 17.3 Å². The molecule has 0 aliphatic carbocycles. The zero-order chi connectivity index (χ0) is 14.2. The number of aromatic nitrogens is 3. The molecule has 0 aliphatic heterocycles. The Morgan fingerprint density at radius 3 is 2.50 bits per heavy atom. The van der Waals surface area contributed by atoms with Gasteiger partial charge < -0.3 is 10.3 Å². The molecule has 0 fully saturated rings. The molecule has 2 N–H and O–H groups in total. The summed E-state index contributed by atoms with van der Waals surface area (Å²) in [4.78, 5) is 11.2. The van der Waals surface area contributed by atoms with Gasteiger partial charge in [0.2, 0.25) is 5.95 Å². The number of hydrogen-bond donors (Lipinski definition) is 2. The molecule has 0 atom stereocenters. The van der Waals surface area contributed by atoms with E-state index in [1.54, 1.807) is 12.4 Å². The number of nitrogens with zero attached hydrogens (tertiary/aromatic N) is 2. The summed E-state index contributed by atoms with van der Waals surface area (Å²) in [7, 11) is 0. The molecule has 2 aromatic heterocycles. The van der Waals surface area contributed by atoms with Gasteiger partial charge in [-0.25, -0.2) is 4.98 Å². The van der Waals surface area contributed by atoms with Crippen molar-refractivity contribution in [2.24, 2.45) is 0 Å². The predicted molar refractivity (Wildman–Crippen MR) is 68.6 cm³/mol. The molecule has 4 nitrogen and oxygen atoms in total. The summed E-state index contributed by atoms with van der Waals surface area (Å²) in [5.41, 5.74) is 0.460. The molecule has 20 heavy (non-hydrogen) atoms. The maximum Gasteiger partial charge on any atom is 0.416 e. The maximum absolute atomic E-state index is 12.4. The third-order valence-electron chi connectivity index (χ3n) is 2.77. The first-order chi connectivity index (χ1) is 9.52. The molecular formula is C13H9F3N4. The van der Waals surface area contributed by atoms with E-state index in [4.69, 9.17) is 0 Å². The standard InChI is InChI=1S/C13H9F3N4/c14-13(15,16)9-1-3-10(4-2-9)19-12-18-7-8-5-6-17-11(8)20-12/h1-7H,(H2,17,18,19,20). The maximum atomic E-state index is 12.4. The average molecular weight is 278 g/mol. The van der Waals surface area contributed by atoms with Gasteiger partial charge in [0, 0.05) is 23.5 Å². The Morgan fingerprint density at radius 1 is 1.05 bits per heavy atom. The van der Waals surface area contributed by atoms with Crippen molar-refractivity contribution in [3.05, 3.63) is 48.3 Å². The Kier molecular flexibility index (Phi) is 2.81. The summed E-state index contributed by atoms with van der Waals surface area (Å²) in [6.45, 7) is 0. The Bertz CT molecular complexity index is 731. The molecule has 102 valence electrons. The van der Waals surface area contributed by atoms with Crippen molar-refractivity contribution in [3.63, 3.8) is 0 Å². The largest absolute Gasteiger partial charge is 0.416 e. The summed E-state index contributed by atoms with van der Waals surface area (Å²) in [5.74, 6) is 0.319. The fraction of sp³-hybridized carbons (Fsp3) is 0.0769. The molecule has 0 saturated heterocycles. The Morgan fingerprint density at radius 2 is 1.80 bits per heavy atom. The highest BCUT2D eigenvalue weighted by Crippen LogP contribution is 2.30. The lowest BCUT2D eigenvalue weighted by atomic mass is 10.2. The van der Waals surface area contributed by atoms with Gasteiger partial charge in [-0.05, 0) is 30.3 Å². The average Bonchev–Trinajstić information content (AvgIpc) is 2.86. The van der Waals surface area contributed by atoms with Crippen molar-refractivity contribution in [1.29, 1.82) is 0 Å². The normalized spacial score (nSPS) is 11.8. The second-order valence-electron chi connectivity index (χ2n) is 4.18. The molecule has 0 saturated carbocycles. The fourth-order valence-electron chi connectivity index (χ4n) is 1.77. The summed E-state index contributed by atoms with van der Waals surface area (Å²) in [5, 5.41) is 3.72. The molecule has 0 amide bonds. The lowest BCUT2D eigenvalue weighted by Gasteiger charge is -2.08. The first-order valence-corrected chi connectivity index (χ1v) is 5.77. The van der Waals surface area contributed by atoms with Crippen molar-refractivity contribution in [2.45, 2.75) is 6.18 Å². The molecule has 0 unspecified atom stereocenters. The number of alkyl halides is 3.